The lowest BCUT2D eigenvalue weighted by Crippen LogP contribution is -2.54. The van der Waals surface area contributed by atoms with Gasteiger partial charge in [-0.2, -0.15) is 0 Å². The molecule has 0 spiro atoms. The van der Waals surface area contributed by atoms with Gasteiger partial charge in [-0.05, 0) is 6.08 Å². The molecule has 2 aliphatic rings. The Morgan fingerprint density at radius 3 is 2.25 bits per heavy atom. The number of fused-ring (bicyclic) bond motifs is 1. The van der Waals surface area contributed by atoms with E-state index in [1.54, 1.807) is 0 Å². The van der Waals surface area contributed by atoms with Crippen molar-refractivity contribution in [3.8, 4) is 5.75 Å². The summed E-state index contributed by atoms with van der Waals surface area (Å²) in [6, 6.07) is 0. The van der Waals surface area contributed by atoms with Gasteiger partial charge in [0.25, 0.3) is 22.4 Å². The van der Waals surface area contributed by atoms with E-state index in [9.17, 15) is 33.6 Å². The molecule has 0 radical (unpaired) electrons. The molecule has 0 bridgehead atoms. The molecule has 1 aromatic carbocycles. The summed E-state index contributed by atoms with van der Waals surface area (Å²) in [7, 11) is 0. The number of ketones is 2. The highest BCUT2D eigenvalue weighted by atomic mass is 16.6. The first-order valence-corrected chi connectivity index (χ1v) is 6.57. The van der Waals surface area contributed by atoms with E-state index >= 15 is 0 Å². The zero-order valence-corrected chi connectivity index (χ0v) is 11.7. The number of allylic oxidation sites excluding steroid dienone is 4. The van der Waals surface area contributed by atoms with Crippen molar-refractivity contribution in [2.45, 2.75) is 12.5 Å². The third-order valence-corrected chi connectivity index (χ3v) is 3.39. The molecule has 1 atom stereocenters. The van der Waals surface area contributed by atoms with Crippen LogP contribution in [0.3, 0.4) is 0 Å². The Labute approximate surface area is 131 Å². The Bertz CT molecular complexity index is 1060. The number of hydrogen-bond acceptors (Lipinski definition) is 9. The van der Waals surface area contributed by atoms with Crippen molar-refractivity contribution in [1.29, 1.82) is 0 Å². The van der Waals surface area contributed by atoms with Crippen LogP contribution in [0.15, 0.2) is 43.2 Å². The van der Waals surface area contributed by atoms with Gasteiger partial charge >= 0.3 is 5.97 Å². The lowest BCUT2D eigenvalue weighted by atomic mass is 10.0. The third-order valence-electron chi connectivity index (χ3n) is 3.39. The van der Waals surface area contributed by atoms with Crippen LogP contribution in [0.4, 0.5) is 0 Å². The van der Waals surface area contributed by atoms with Crippen LogP contribution in [0.1, 0.15) is 16.8 Å². The van der Waals surface area contributed by atoms with Crippen molar-refractivity contribution in [1.82, 2.24) is 0 Å². The van der Waals surface area contributed by atoms with Crippen molar-refractivity contribution in [2.75, 3.05) is 0 Å². The van der Waals surface area contributed by atoms with Gasteiger partial charge in [-0.15, -0.1) is 0 Å². The summed E-state index contributed by atoms with van der Waals surface area (Å²) < 4.78 is 9.55. The summed E-state index contributed by atoms with van der Waals surface area (Å²) in [4.78, 5) is 81.9. The van der Waals surface area contributed by atoms with Gasteiger partial charge in [-0.25, -0.2) is 4.79 Å². The molecule has 1 aliphatic heterocycles. The van der Waals surface area contributed by atoms with Crippen LogP contribution in [0, 0.1) is 0 Å². The molecular weight excluding hydrogens is 324 g/mol. The molecule has 0 fully saturated rings. The molecule has 3 rings (SSSR count). The van der Waals surface area contributed by atoms with E-state index in [0.29, 0.717) is 0 Å². The second-order valence-corrected chi connectivity index (χ2v) is 4.89. The standard InChI is InChI=1S/C15H6O9/c16-5-3-1-2-4-6(5)23-14-9(18)7-8(17)10(19)11(20)12(21)13(7)24-15(14)22/h1-2,4,14H,3H2/t14-/m0/s1. The lowest BCUT2D eigenvalue weighted by Gasteiger charge is -2.22. The van der Waals surface area contributed by atoms with Gasteiger partial charge in [-0.3, -0.25) is 28.8 Å². The molecule has 0 aromatic heterocycles. The van der Waals surface area contributed by atoms with E-state index in [-0.39, 0.29) is 12.2 Å². The van der Waals surface area contributed by atoms with Gasteiger partial charge < -0.3 is 9.47 Å². The third kappa shape index (κ3) is 2.14. The zero-order chi connectivity index (χ0) is 17.6. The Morgan fingerprint density at radius 2 is 1.58 bits per heavy atom. The van der Waals surface area contributed by atoms with Gasteiger partial charge in [0.1, 0.15) is 5.56 Å². The number of esters is 1. The molecule has 1 aliphatic carbocycles. The molecular formula is C15H6O9. The number of hydrogen-bond donors (Lipinski definition) is 0. The zero-order valence-electron chi connectivity index (χ0n) is 11.7. The van der Waals surface area contributed by atoms with E-state index in [1.807, 2.05) is 0 Å². The maximum absolute atomic E-state index is 12.3. The average Bonchev–Trinajstić information content (AvgIpc) is 2.56. The number of benzene rings is 1. The lowest BCUT2D eigenvalue weighted by molar-refractivity contribution is -0.143. The summed E-state index contributed by atoms with van der Waals surface area (Å²) in [5, 5.41) is 0. The topological polar surface area (TPSA) is 138 Å². The van der Waals surface area contributed by atoms with Gasteiger partial charge in [0.15, 0.2) is 11.5 Å². The molecule has 0 N–H and O–H groups in total. The van der Waals surface area contributed by atoms with Crippen molar-refractivity contribution < 1.29 is 23.9 Å². The normalized spacial score (nSPS) is 19.6. The largest absolute Gasteiger partial charge is 0.467 e. The smallest absolute Gasteiger partial charge is 0.361 e. The Balaban J connectivity index is 2.12. The maximum atomic E-state index is 12.3. The molecule has 9 heteroatoms. The summed E-state index contributed by atoms with van der Waals surface area (Å²) in [6.45, 7) is 0. The monoisotopic (exact) mass is 330 g/mol. The van der Waals surface area contributed by atoms with Crippen LogP contribution in [-0.2, 0) is 14.3 Å². The SMILES string of the molecule is O=C1CC=CC=C1O[C@@H]1C(=O)Oc2c(c(=O)c(=O)c(=O)c2=O)C1=O. The van der Waals surface area contributed by atoms with Crippen LogP contribution in [0.2, 0.25) is 0 Å². The fraction of sp³-hybridized carbons (Fsp3) is 0.133. The first kappa shape index (κ1) is 15.4. The highest BCUT2D eigenvalue weighted by Crippen LogP contribution is 2.22. The molecule has 120 valence electrons. The van der Waals surface area contributed by atoms with E-state index in [2.05, 4.69) is 4.74 Å². The van der Waals surface area contributed by atoms with E-state index in [4.69, 9.17) is 4.74 Å². The van der Waals surface area contributed by atoms with Crippen LogP contribution in [-0.4, -0.2) is 23.6 Å². The minimum absolute atomic E-state index is 0.0137. The van der Waals surface area contributed by atoms with E-state index in [1.165, 1.54) is 18.2 Å². The second-order valence-electron chi connectivity index (χ2n) is 4.89. The Morgan fingerprint density at radius 1 is 0.917 bits per heavy atom. The predicted molar refractivity (Wildman–Crippen MR) is 75.6 cm³/mol. The minimum atomic E-state index is -2.02. The molecule has 9 nitrogen and oxygen atoms in total. The number of Topliss-reactive ketones (excluding diaryl/α,β-unsaturated/α-hetero) is 2. The van der Waals surface area contributed by atoms with Crippen molar-refractivity contribution in [3.63, 3.8) is 0 Å². The summed E-state index contributed by atoms with van der Waals surface area (Å²) in [5.41, 5.74) is -7.50. The van der Waals surface area contributed by atoms with Crippen molar-refractivity contribution in [3.05, 3.63) is 70.4 Å². The fourth-order valence-corrected chi connectivity index (χ4v) is 2.21. The molecule has 24 heavy (non-hydrogen) atoms. The number of rotatable bonds is 2. The molecule has 0 saturated heterocycles. The molecule has 0 saturated carbocycles. The highest BCUT2D eigenvalue weighted by Gasteiger charge is 2.43. The van der Waals surface area contributed by atoms with Crippen molar-refractivity contribution >= 4 is 17.5 Å². The van der Waals surface area contributed by atoms with Crippen LogP contribution < -0.4 is 26.5 Å². The minimum Gasteiger partial charge on any atom is -0.467 e. The van der Waals surface area contributed by atoms with E-state index in [0.717, 1.165) is 0 Å². The first-order chi connectivity index (χ1) is 11.3. The quantitative estimate of drug-likeness (QED) is 0.258. The van der Waals surface area contributed by atoms with Crippen LogP contribution >= 0.6 is 0 Å². The Hall–Kier alpha value is -3.49. The number of ether oxygens (including phenoxy) is 2. The summed E-state index contributed by atoms with van der Waals surface area (Å²) in [6.07, 6.45) is 2.14. The van der Waals surface area contributed by atoms with Gasteiger partial charge in [-0.1, -0.05) is 12.2 Å². The molecule has 0 unspecified atom stereocenters. The maximum Gasteiger partial charge on any atom is 0.361 e. The van der Waals surface area contributed by atoms with E-state index < -0.39 is 56.7 Å². The Kier molecular flexibility index (Phi) is 3.40. The fourth-order valence-electron chi connectivity index (χ4n) is 2.21. The average molecular weight is 330 g/mol. The van der Waals surface area contributed by atoms with Crippen LogP contribution in [0.25, 0.3) is 0 Å². The van der Waals surface area contributed by atoms with Crippen molar-refractivity contribution in [2.24, 2.45) is 0 Å². The predicted octanol–water partition coefficient (Wildman–Crippen LogP) is -2.10. The molecule has 0 amide bonds. The number of carbonyl (C=O) groups is 3. The first-order valence-electron chi connectivity index (χ1n) is 6.57. The van der Waals surface area contributed by atoms with Crippen LogP contribution in [0.5, 0.6) is 5.75 Å². The van der Waals surface area contributed by atoms with Gasteiger partial charge in [0, 0.05) is 6.42 Å². The summed E-state index contributed by atoms with van der Waals surface area (Å²) in [5.74, 6) is -4.60. The second kappa shape index (κ2) is 5.30. The molecule has 1 heterocycles. The van der Waals surface area contributed by atoms with Gasteiger partial charge in [0.2, 0.25) is 17.0 Å². The highest BCUT2D eigenvalue weighted by molar-refractivity contribution is 6.16. The van der Waals surface area contributed by atoms with Gasteiger partial charge in [0.05, 0.1) is 0 Å². The summed E-state index contributed by atoms with van der Waals surface area (Å²) >= 11 is 0. The number of carbonyl (C=O) groups excluding carboxylic acids is 3. The molecule has 1 aromatic rings.